The van der Waals surface area contributed by atoms with Gasteiger partial charge in [0.1, 0.15) is 18.0 Å². The first-order chi connectivity index (χ1) is 15.3. The molecule has 4 atom stereocenters. The van der Waals surface area contributed by atoms with E-state index in [2.05, 4.69) is 25.8 Å². The summed E-state index contributed by atoms with van der Waals surface area (Å²) in [7, 11) is -2.34. The van der Waals surface area contributed by atoms with Crippen molar-refractivity contribution in [3.8, 4) is 11.6 Å². The highest BCUT2D eigenvalue weighted by atomic mass is 28.4. The van der Waals surface area contributed by atoms with Gasteiger partial charge in [-0.3, -0.25) is 4.57 Å². The van der Waals surface area contributed by atoms with Gasteiger partial charge in [0, 0.05) is 11.8 Å². The molecule has 1 aliphatic rings. The van der Waals surface area contributed by atoms with Crippen LogP contribution in [0, 0.1) is 20.8 Å². The third-order valence-electron chi connectivity index (χ3n) is 6.65. The number of nitrogens with zero attached hydrogens (tertiary/aromatic N) is 2. The van der Waals surface area contributed by atoms with Gasteiger partial charge in [0.15, 0.2) is 20.7 Å². The summed E-state index contributed by atoms with van der Waals surface area (Å²) in [6, 6.07) is 5.75. The molecule has 2 heterocycles. The van der Waals surface area contributed by atoms with E-state index in [1.807, 2.05) is 45.1 Å². The van der Waals surface area contributed by atoms with Gasteiger partial charge < -0.3 is 19.0 Å². The molecule has 1 saturated heterocycles. The maximum absolute atomic E-state index is 15.6. The van der Waals surface area contributed by atoms with E-state index in [9.17, 15) is 9.90 Å². The standard InChI is InChI=1S/C24H35FN2O5Si/c1-14-10-9-11-15(2)19(14)31-21-16(3)12-27(23(29)26-21)22-18(25)20(17(13-28)30-22)32-33(7,8)24(4,5)6/h9-12,17-18,20,22,28H,13H2,1-8H3/t17-,18?,20?,22-/m0/s1. The van der Waals surface area contributed by atoms with Gasteiger partial charge in [0.25, 0.3) is 0 Å². The maximum Gasteiger partial charge on any atom is 0.353 e. The summed E-state index contributed by atoms with van der Waals surface area (Å²) in [6.45, 7) is 15.3. The maximum atomic E-state index is 15.6. The van der Waals surface area contributed by atoms with Crippen molar-refractivity contribution >= 4 is 8.32 Å². The van der Waals surface area contributed by atoms with Crippen LogP contribution in [0.4, 0.5) is 4.39 Å². The summed E-state index contributed by atoms with van der Waals surface area (Å²) in [6.07, 6.45) is -3.25. The third-order valence-corrected chi connectivity index (χ3v) is 11.1. The van der Waals surface area contributed by atoms with Crippen LogP contribution in [0.1, 0.15) is 43.7 Å². The minimum atomic E-state index is -2.34. The normalized spacial score (nSPS) is 23.7. The quantitative estimate of drug-likeness (QED) is 0.612. The highest BCUT2D eigenvalue weighted by molar-refractivity contribution is 6.74. The number of aryl methyl sites for hydroxylation is 3. The van der Waals surface area contributed by atoms with E-state index in [0.717, 1.165) is 15.7 Å². The highest BCUT2D eigenvalue weighted by Crippen LogP contribution is 2.42. The molecule has 9 heteroatoms. The van der Waals surface area contributed by atoms with E-state index in [0.29, 0.717) is 11.3 Å². The Kier molecular flexibility index (Phi) is 7.19. The smallest absolute Gasteiger partial charge is 0.353 e. The fourth-order valence-corrected chi connectivity index (χ4v) is 4.93. The van der Waals surface area contributed by atoms with Crippen LogP contribution in [0.25, 0.3) is 0 Å². The van der Waals surface area contributed by atoms with E-state index in [1.165, 1.54) is 6.20 Å². The van der Waals surface area contributed by atoms with Gasteiger partial charge in [-0.15, -0.1) is 0 Å². The van der Waals surface area contributed by atoms with Gasteiger partial charge >= 0.3 is 5.69 Å². The highest BCUT2D eigenvalue weighted by Gasteiger charge is 2.51. The van der Waals surface area contributed by atoms with Crippen molar-refractivity contribution in [1.82, 2.24) is 9.55 Å². The van der Waals surface area contributed by atoms with Crippen molar-refractivity contribution in [2.75, 3.05) is 6.61 Å². The van der Waals surface area contributed by atoms with Crippen molar-refractivity contribution in [2.24, 2.45) is 0 Å². The number of hydrogen-bond acceptors (Lipinski definition) is 6. The fourth-order valence-electron chi connectivity index (χ4n) is 3.62. The molecule has 1 N–H and O–H groups in total. The van der Waals surface area contributed by atoms with Crippen LogP contribution in [-0.4, -0.2) is 48.0 Å². The molecular formula is C24H35FN2O5Si. The molecular weight excluding hydrogens is 443 g/mol. The number of benzene rings is 1. The van der Waals surface area contributed by atoms with Gasteiger partial charge in [-0.25, -0.2) is 9.18 Å². The average Bonchev–Trinajstić information content (AvgIpc) is 3.01. The lowest BCUT2D eigenvalue weighted by molar-refractivity contribution is -0.0480. The average molecular weight is 479 g/mol. The molecule has 1 aromatic heterocycles. The molecule has 0 spiro atoms. The van der Waals surface area contributed by atoms with Crippen molar-refractivity contribution in [3.05, 3.63) is 51.6 Å². The second kappa shape index (κ2) is 9.29. The Hall–Kier alpha value is -2.07. The zero-order valence-corrected chi connectivity index (χ0v) is 21.7. The van der Waals surface area contributed by atoms with Gasteiger partial charge in [-0.05, 0) is 50.0 Å². The van der Waals surface area contributed by atoms with Crippen molar-refractivity contribution < 1.29 is 23.4 Å². The zero-order chi connectivity index (χ0) is 24.7. The lowest BCUT2D eigenvalue weighted by atomic mass is 10.1. The Morgan fingerprint density at radius 3 is 2.33 bits per heavy atom. The van der Waals surface area contributed by atoms with E-state index in [1.54, 1.807) is 6.92 Å². The Morgan fingerprint density at radius 2 is 1.79 bits per heavy atom. The van der Waals surface area contributed by atoms with E-state index in [-0.39, 0.29) is 10.9 Å². The van der Waals surface area contributed by atoms with E-state index >= 15 is 4.39 Å². The number of rotatable bonds is 6. The topological polar surface area (TPSA) is 82.8 Å². The predicted octanol–water partition coefficient (Wildman–Crippen LogP) is 4.58. The monoisotopic (exact) mass is 478 g/mol. The summed E-state index contributed by atoms with van der Waals surface area (Å²) in [5, 5.41) is 9.68. The van der Waals surface area contributed by atoms with Crippen LogP contribution >= 0.6 is 0 Å². The van der Waals surface area contributed by atoms with Crippen molar-refractivity contribution in [1.29, 1.82) is 0 Å². The summed E-state index contributed by atoms with van der Waals surface area (Å²) in [4.78, 5) is 16.9. The molecule has 2 aromatic rings. The number of ether oxygens (including phenoxy) is 2. The minimum Gasteiger partial charge on any atom is -0.438 e. The Bertz CT molecular complexity index is 1050. The molecule has 1 fully saturated rings. The van der Waals surface area contributed by atoms with Crippen LogP contribution < -0.4 is 10.4 Å². The first kappa shape index (κ1) is 25.5. The van der Waals surface area contributed by atoms with Gasteiger partial charge in [-0.1, -0.05) is 39.0 Å². The fraction of sp³-hybridized carbons (Fsp3) is 0.583. The molecule has 182 valence electrons. The Labute approximate surface area is 195 Å². The second-order valence-electron chi connectivity index (χ2n) is 10.3. The molecule has 33 heavy (non-hydrogen) atoms. The lowest BCUT2D eigenvalue weighted by Crippen LogP contribution is -2.49. The van der Waals surface area contributed by atoms with E-state index in [4.69, 9.17) is 13.9 Å². The van der Waals surface area contributed by atoms with Gasteiger partial charge in [-0.2, -0.15) is 4.98 Å². The number of hydrogen-bond donors (Lipinski definition) is 1. The first-order valence-electron chi connectivity index (χ1n) is 11.2. The Morgan fingerprint density at radius 1 is 1.18 bits per heavy atom. The van der Waals surface area contributed by atoms with Gasteiger partial charge in [0.05, 0.1) is 6.61 Å². The van der Waals surface area contributed by atoms with Crippen LogP contribution in [0.15, 0.2) is 29.2 Å². The second-order valence-corrected chi connectivity index (χ2v) is 15.0. The van der Waals surface area contributed by atoms with Crippen molar-refractivity contribution in [3.63, 3.8) is 0 Å². The summed E-state index contributed by atoms with van der Waals surface area (Å²) >= 11 is 0. The first-order valence-corrected chi connectivity index (χ1v) is 14.1. The number of para-hydroxylation sites is 1. The molecule has 7 nitrogen and oxygen atoms in total. The molecule has 1 aromatic carbocycles. The molecule has 0 aliphatic carbocycles. The molecule has 2 unspecified atom stereocenters. The summed E-state index contributed by atoms with van der Waals surface area (Å²) in [5.41, 5.74) is 1.70. The van der Waals surface area contributed by atoms with Crippen molar-refractivity contribution in [2.45, 2.75) is 84.3 Å². The molecule has 0 amide bonds. The van der Waals surface area contributed by atoms with Crippen LogP contribution in [-0.2, 0) is 9.16 Å². The molecule has 0 saturated carbocycles. The van der Waals surface area contributed by atoms with Crippen LogP contribution in [0.3, 0.4) is 0 Å². The minimum absolute atomic E-state index is 0.146. The number of aliphatic hydroxyl groups excluding tert-OH is 1. The summed E-state index contributed by atoms with van der Waals surface area (Å²) < 4.78 is 34.7. The predicted molar refractivity (Wildman–Crippen MR) is 127 cm³/mol. The number of aliphatic hydroxyl groups is 1. The van der Waals surface area contributed by atoms with Crippen LogP contribution in [0.2, 0.25) is 18.1 Å². The van der Waals surface area contributed by atoms with Crippen LogP contribution in [0.5, 0.6) is 11.6 Å². The molecule has 3 rings (SSSR count). The molecule has 0 radical (unpaired) electrons. The number of aromatic nitrogens is 2. The Balaban J connectivity index is 1.90. The SMILES string of the molecule is Cc1cn([C@H]2O[C@@H](CO)C(O[Si](C)(C)C(C)(C)C)C2F)c(=O)nc1Oc1c(C)cccc1C. The lowest BCUT2D eigenvalue weighted by Gasteiger charge is -2.39. The molecule has 0 bridgehead atoms. The zero-order valence-electron chi connectivity index (χ0n) is 20.7. The third kappa shape index (κ3) is 5.06. The largest absolute Gasteiger partial charge is 0.438 e. The summed E-state index contributed by atoms with van der Waals surface area (Å²) in [5.74, 6) is 0.795. The molecule has 1 aliphatic heterocycles. The van der Waals surface area contributed by atoms with E-state index < -0.39 is 45.2 Å². The number of alkyl halides is 1. The number of halogens is 1. The van der Waals surface area contributed by atoms with Gasteiger partial charge in [0.2, 0.25) is 5.88 Å².